The predicted molar refractivity (Wildman–Crippen MR) is 79.2 cm³/mol. The number of nitrogen functional groups attached to an aromatic ring is 1. The van der Waals surface area contributed by atoms with Gasteiger partial charge in [0.2, 0.25) is 0 Å². The van der Waals surface area contributed by atoms with Gasteiger partial charge >= 0.3 is 0 Å². The lowest BCUT2D eigenvalue weighted by atomic mass is 10.2. The van der Waals surface area contributed by atoms with E-state index in [4.69, 9.17) is 10.2 Å². The fourth-order valence-electron chi connectivity index (χ4n) is 2.13. The van der Waals surface area contributed by atoms with E-state index in [1.165, 1.54) is 0 Å². The van der Waals surface area contributed by atoms with Gasteiger partial charge in [-0.15, -0.1) is 11.3 Å². The van der Waals surface area contributed by atoms with Crippen LogP contribution in [0.15, 0.2) is 52.9 Å². The number of rotatable bonds is 1. The van der Waals surface area contributed by atoms with E-state index in [1.807, 2.05) is 48.5 Å². The van der Waals surface area contributed by atoms with Crippen molar-refractivity contribution in [2.75, 3.05) is 5.73 Å². The number of hydrogen-bond acceptors (Lipinski definition) is 4. The molecular formula is C15H10N2OS. The average molecular weight is 266 g/mol. The molecule has 0 saturated carbocycles. The molecule has 0 aliphatic carbocycles. The van der Waals surface area contributed by atoms with Crippen LogP contribution in [0.1, 0.15) is 0 Å². The zero-order valence-electron chi connectivity index (χ0n) is 9.96. The largest absolute Gasteiger partial charge is 0.454 e. The SMILES string of the molecule is Nc1ccc2nc(-c3cc4ccccc4o3)sc2c1. The van der Waals surface area contributed by atoms with E-state index in [9.17, 15) is 0 Å². The zero-order valence-corrected chi connectivity index (χ0v) is 10.8. The number of thiazole rings is 1. The molecular weight excluding hydrogens is 256 g/mol. The minimum atomic E-state index is 0.757. The first-order valence-corrected chi connectivity index (χ1v) is 6.76. The summed E-state index contributed by atoms with van der Waals surface area (Å²) < 4.78 is 6.91. The molecule has 92 valence electrons. The van der Waals surface area contributed by atoms with E-state index in [1.54, 1.807) is 11.3 Å². The monoisotopic (exact) mass is 266 g/mol. The second kappa shape index (κ2) is 3.83. The fraction of sp³-hybridized carbons (Fsp3) is 0. The molecule has 4 rings (SSSR count). The maximum absolute atomic E-state index is 5.83. The molecule has 3 nitrogen and oxygen atoms in total. The fourth-order valence-corrected chi connectivity index (χ4v) is 3.10. The average Bonchev–Trinajstić information content (AvgIpc) is 3.00. The lowest BCUT2D eigenvalue weighted by molar-refractivity contribution is 0.631. The first kappa shape index (κ1) is 10.6. The van der Waals surface area contributed by atoms with Gasteiger partial charge in [0.15, 0.2) is 10.8 Å². The third kappa shape index (κ3) is 1.69. The molecule has 19 heavy (non-hydrogen) atoms. The van der Waals surface area contributed by atoms with E-state index in [0.717, 1.165) is 37.6 Å². The summed E-state index contributed by atoms with van der Waals surface area (Å²) in [4.78, 5) is 4.59. The number of fused-ring (bicyclic) bond motifs is 2. The molecule has 0 unspecified atom stereocenters. The number of benzene rings is 2. The minimum absolute atomic E-state index is 0.757. The maximum Gasteiger partial charge on any atom is 0.164 e. The van der Waals surface area contributed by atoms with Gasteiger partial charge in [-0.2, -0.15) is 0 Å². The summed E-state index contributed by atoms with van der Waals surface area (Å²) in [5.74, 6) is 0.806. The molecule has 4 heteroatoms. The molecule has 0 aliphatic heterocycles. The molecule has 0 radical (unpaired) electrons. The Kier molecular flexibility index (Phi) is 2.13. The first-order chi connectivity index (χ1) is 9.29. The van der Waals surface area contributed by atoms with Crippen LogP contribution in [-0.4, -0.2) is 4.98 Å². The van der Waals surface area contributed by atoms with Gasteiger partial charge in [0.05, 0.1) is 10.2 Å². The van der Waals surface area contributed by atoms with Crippen LogP contribution in [0, 0.1) is 0 Å². The zero-order chi connectivity index (χ0) is 12.8. The number of para-hydroxylation sites is 1. The Bertz CT molecular complexity index is 858. The van der Waals surface area contributed by atoms with Crippen LogP contribution < -0.4 is 5.73 Å². The lowest BCUT2D eigenvalue weighted by Gasteiger charge is -1.89. The van der Waals surface area contributed by atoms with Gasteiger partial charge in [0, 0.05) is 11.1 Å². The minimum Gasteiger partial charge on any atom is -0.454 e. The highest BCUT2D eigenvalue weighted by atomic mass is 32.1. The number of furan rings is 1. The highest BCUT2D eigenvalue weighted by molar-refractivity contribution is 7.21. The van der Waals surface area contributed by atoms with Crippen LogP contribution >= 0.6 is 11.3 Å². The number of aromatic nitrogens is 1. The van der Waals surface area contributed by atoms with Crippen LogP contribution in [0.4, 0.5) is 5.69 Å². The van der Waals surface area contributed by atoms with Gasteiger partial charge in [-0.05, 0) is 30.3 Å². The summed E-state index contributed by atoms with van der Waals surface area (Å²) in [6, 6.07) is 15.7. The summed E-state index contributed by atoms with van der Waals surface area (Å²) in [7, 11) is 0. The highest BCUT2D eigenvalue weighted by Gasteiger charge is 2.11. The molecule has 0 aliphatic rings. The predicted octanol–water partition coefficient (Wildman–Crippen LogP) is 4.29. The van der Waals surface area contributed by atoms with Crippen molar-refractivity contribution in [1.29, 1.82) is 0 Å². The molecule has 0 fully saturated rings. The quantitative estimate of drug-likeness (QED) is 0.523. The maximum atomic E-state index is 5.83. The summed E-state index contributed by atoms with van der Waals surface area (Å²) >= 11 is 1.59. The van der Waals surface area contributed by atoms with Gasteiger partial charge in [-0.3, -0.25) is 0 Å². The van der Waals surface area contributed by atoms with Gasteiger partial charge in [-0.25, -0.2) is 4.98 Å². The molecule has 0 amide bonds. The lowest BCUT2D eigenvalue weighted by Crippen LogP contribution is -1.81. The Balaban J connectivity index is 1.93. The smallest absolute Gasteiger partial charge is 0.164 e. The van der Waals surface area contributed by atoms with Crippen LogP contribution in [0.3, 0.4) is 0 Å². The van der Waals surface area contributed by atoms with Crippen molar-refractivity contribution in [3.63, 3.8) is 0 Å². The normalized spacial score (nSPS) is 11.4. The van der Waals surface area contributed by atoms with Crippen LogP contribution in [0.5, 0.6) is 0 Å². The highest BCUT2D eigenvalue weighted by Crippen LogP contribution is 2.34. The molecule has 2 aromatic heterocycles. The van der Waals surface area contributed by atoms with E-state index >= 15 is 0 Å². The van der Waals surface area contributed by atoms with Crippen molar-refractivity contribution in [3.8, 4) is 10.8 Å². The van der Waals surface area contributed by atoms with E-state index in [0.29, 0.717) is 0 Å². The molecule has 0 saturated heterocycles. The van der Waals surface area contributed by atoms with E-state index in [-0.39, 0.29) is 0 Å². The van der Waals surface area contributed by atoms with Crippen molar-refractivity contribution < 1.29 is 4.42 Å². The van der Waals surface area contributed by atoms with Gasteiger partial charge in [-0.1, -0.05) is 18.2 Å². The van der Waals surface area contributed by atoms with Gasteiger partial charge in [0.1, 0.15) is 5.58 Å². The molecule has 0 spiro atoms. The summed E-state index contributed by atoms with van der Waals surface area (Å²) in [5.41, 5.74) is 8.38. The van der Waals surface area contributed by atoms with Gasteiger partial charge in [0.25, 0.3) is 0 Å². The second-order valence-corrected chi connectivity index (χ2v) is 5.43. The Morgan fingerprint density at radius 2 is 1.95 bits per heavy atom. The van der Waals surface area contributed by atoms with Crippen LogP contribution in [0.2, 0.25) is 0 Å². The third-order valence-electron chi connectivity index (χ3n) is 3.05. The van der Waals surface area contributed by atoms with Crippen LogP contribution in [-0.2, 0) is 0 Å². The van der Waals surface area contributed by atoms with Crippen molar-refractivity contribution in [2.45, 2.75) is 0 Å². The topological polar surface area (TPSA) is 52.0 Å². The molecule has 4 aromatic rings. The molecule has 2 aromatic carbocycles. The Hall–Kier alpha value is -2.33. The Morgan fingerprint density at radius 3 is 2.84 bits per heavy atom. The summed E-state index contributed by atoms with van der Waals surface area (Å²) in [5, 5.41) is 1.98. The first-order valence-electron chi connectivity index (χ1n) is 5.95. The Labute approximate surface area is 113 Å². The number of nitrogens with two attached hydrogens (primary N) is 1. The van der Waals surface area contributed by atoms with Crippen molar-refractivity contribution >= 4 is 38.2 Å². The van der Waals surface area contributed by atoms with E-state index in [2.05, 4.69) is 4.98 Å². The summed E-state index contributed by atoms with van der Waals surface area (Å²) in [6.45, 7) is 0. The molecule has 0 bridgehead atoms. The van der Waals surface area contributed by atoms with Crippen LogP contribution in [0.25, 0.3) is 32.0 Å². The standard InChI is InChI=1S/C15H10N2OS/c16-10-5-6-11-14(8-10)19-15(17-11)13-7-9-3-1-2-4-12(9)18-13/h1-8H,16H2. The number of nitrogens with zero attached hydrogens (tertiary/aromatic N) is 1. The molecule has 2 heterocycles. The summed E-state index contributed by atoms with van der Waals surface area (Å²) in [6.07, 6.45) is 0. The Morgan fingerprint density at radius 1 is 1.05 bits per heavy atom. The third-order valence-corrected chi connectivity index (χ3v) is 4.08. The van der Waals surface area contributed by atoms with Crippen molar-refractivity contribution in [3.05, 3.63) is 48.5 Å². The second-order valence-electron chi connectivity index (χ2n) is 4.39. The number of hydrogen-bond donors (Lipinski definition) is 1. The van der Waals surface area contributed by atoms with Crippen molar-refractivity contribution in [1.82, 2.24) is 4.98 Å². The van der Waals surface area contributed by atoms with Gasteiger partial charge < -0.3 is 10.2 Å². The number of anilines is 1. The van der Waals surface area contributed by atoms with Crippen molar-refractivity contribution in [2.24, 2.45) is 0 Å². The van der Waals surface area contributed by atoms with E-state index < -0.39 is 0 Å². The molecule has 2 N–H and O–H groups in total. The molecule has 0 atom stereocenters.